The normalized spacial score (nSPS) is 25.4. The van der Waals surface area contributed by atoms with Crippen LogP contribution in [-0.4, -0.2) is 27.3 Å². The number of nitrogens with one attached hydrogen (secondary N) is 1. The lowest BCUT2D eigenvalue weighted by atomic mass is 9.92. The molecule has 0 aliphatic heterocycles. The van der Waals surface area contributed by atoms with Crippen LogP contribution in [-0.2, 0) is 0 Å². The molecule has 2 rings (SSSR count). The summed E-state index contributed by atoms with van der Waals surface area (Å²) in [6.45, 7) is 3.87. The molecule has 1 aliphatic carbocycles. The minimum Gasteiger partial charge on any atom is -0.350 e. The summed E-state index contributed by atoms with van der Waals surface area (Å²) in [6.07, 6.45) is 4.35. The van der Waals surface area contributed by atoms with Gasteiger partial charge in [0.05, 0.1) is 11.4 Å². The second-order valence-corrected chi connectivity index (χ2v) is 4.56. The van der Waals surface area contributed by atoms with Crippen molar-refractivity contribution in [2.45, 2.75) is 51.6 Å². The van der Waals surface area contributed by atoms with E-state index in [1.807, 2.05) is 13.8 Å². The van der Waals surface area contributed by atoms with Crippen LogP contribution in [0.25, 0.3) is 0 Å². The highest BCUT2D eigenvalue weighted by atomic mass is 15.2. The predicted molar refractivity (Wildman–Crippen MR) is 63.2 cm³/mol. The molecule has 1 saturated carbocycles. The topological polar surface area (TPSA) is 76.7 Å². The molecule has 0 atom stereocenters. The molecule has 0 amide bonds. The minimum absolute atomic E-state index is 0.372. The second-order valence-electron chi connectivity index (χ2n) is 4.56. The average molecular weight is 221 g/mol. The Kier molecular flexibility index (Phi) is 3.33. The van der Waals surface area contributed by atoms with Gasteiger partial charge in [-0.3, -0.25) is 0 Å². The SMILES string of the molecule is Cc1nnc(NC2CCC(N)CC2)nc1C. The summed E-state index contributed by atoms with van der Waals surface area (Å²) in [5.41, 5.74) is 7.68. The number of hydrogen-bond donors (Lipinski definition) is 2. The van der Waals surface area contributed by atoms with Crippen molar-refractivity contribution in [1.29, 1.82) is 0 Å². The molecule has 5 heteroatoms. The molecule has 88 valence electrons. The van der Waals surface area contributed by atoms with E-state index < -0.39 is 0 Å². The quantitative estimate of drug-likeness (QED) is 0.784. The Bertz CT molecular complexity index is 357. The number of aromatic nitrogens is 3. The van der Waals surface area contributed by atoms with Crippen LogP contribution in [0.3, 0.4) is 0 Å². The van der Waals surface area contributed by atoms with Crippen molar-refractivity contribution in [2.24, 2.45) is 5.73 Å². The van der Waals surface area contributed by atoms with Crippen molar-refractivity contribution in [3.8, 4) is 0 Å². The number of anilines is 1. The van der Waals surface area contributed by atoms with Crippen molar-refractivity contribution in [3.63, 3.8) is 0 Å². The second kappa shape index (κ2) is 4.74. The third-order valence-corrected chi connectivity index (χ3v) is 3.20. The highest BCUT2D eigenvalue weighted by Crippen LogP contribution is 2.19. The van der Waals surface area contributed by atoms with E-state index in [0.29, 0.717) is 18.0 Å². The molecule has 0 saturated heterocycles. The number of aryl methyl sites for hydroxylation is 2. The van der Waals surface area contributed by atoms with Gasteiger partial charge in [0.1, 0.15) is 0 Å². The van der Waals surface area contributed by atoms with Crippen molar-refractivity contribution in [2.75, 3.05) is 5.32 Å². The molecule has 1 aromatic rings. The fraction of sp³-hybridized carbons (Fsp3) is 0.727. The van der Waals surface area contributed by atoms with Gasteiger partial charge in [-0.1, -0.05) is 0 Å². The molecule has 5 nitrogen and oxygen atoms in total. The first-order valence-corrected chi connectivity index (χ1v) is 5.85. The maximum Gasteiger partial charge on any atom is 0.243 e. The number of hydrogen-bond acceptors (Lipinski definition) is 5. The standard InChI is InChI=1S/C11H19N5/c1-7-8(2)15-16-11(13-7)14-10-5-3-9(12)4-6-10/h9-10H,3-6,12H2,1-2H3,(H,13,14,16). The number of rotatable bonds is 2. The molecule has 0 aromatic carbocycles. The molecule has 3 N–H and O–H groups in total. The van der Waals surface area contributed by atoms with Crippen molar-refractivity contribution < 1.29 is 0 Å². The van der Waals surface area contributed by atoms with E-state index in [2.05, 4.69) is 20.5 Å². The molecule has 1 fully saturated rings. The van der Waals surface area contributed by atoms with Crippen molar-refractivity contribution in [3.05, 3.63) is 11.4 Å². The summed E-state index contributed by atoms with van der Waals surface area (Å²) in [7, 11) is 0. The lowest BCUT2D eigenvalue weighted by Gasteiger charge is -2.26. The third-order valence-electron chi connectivity index (χ3n) is 3.20. The van der Waals surface area contributed by atoms with Crippen LogP contribution in [0.15, 0.2) is 0 Å². The van der Waals surface area contributed by atoms with Gasteiger partial charge in [0.15, 0.2) is 0 Å². The van der Waals surface area contributed by atoms with Crippen LogP contribution in [0.1, 0.15) is 37.1 Å². The van der Waals surface area contributed by atoms with E-state index in [1.54, 1.807) is 0 Å². The van der Waals surface area contributed by atoms with Gasteiger partial charge in [-0.25, -0.2) is 4.98 Å². The number of nitrogens with two attached hydrogens (primary N) is 1. The van der Waals surface area contributed by atoms with Gasteiger partial charge in [0, 0.05) is 12.1 Å². The maximum absolute atomic E-state index is 5.86. The smallest absolute Gasteiger partial charge is 0.243 e. The van der Waals surface area contributed by atoms with Crippen molar-refractivity contribution >= 4 is 5.95 Å². The van der Waals surface area contributed by atoms with Crippen LogP contribution >= 0.6 is 0 Å². The lowest BCUT2D eigenvalue weighted by Crippen LogP contribution is -2.33. The fourth-order valence-electron chi connectivity index (χ4n) is 1.96. The van der Waals surface area contributed by atoms with E-state index in [1.165, 1.54) is 0 Å². The van der Waals surface area contributed by atoms with E-state index in [-0.39, 0.29) is 0 Å². The Morgan fingerprint density at radius 2 is 1.75 bits per heavy atom. The van der Waals surface area contributed by atoms with Crippen LogP contribution < -0.4 is 11.1 Å². The first-order chi connectivity index (χ1) is 7.65. The molecule has 1 heterocycles. The summed E-state index contributed by atoms with van der Waals surface area (Å²) in [5.74, 6) is 0.642. The Morgan fingerprint density at radius 1 is 1.06 bits per heavy atom. The Balaban J connectivity index is 1.96. The zero-order valence-corrected chi connectivity index (χ0v) is 9.90. The predicted octanol–water partition coefficient (Wildman–Crippen LogP) is 1.17. The van der Waals surface area contributed by atoms with Crippen molar-refractivity contribution in [1.82, 2.24) is 15.2 Å². The van der Waals surface area contributed by atoms with E-state index >= 15 is 0 Å². The molecular formula is C11H19N5. The summed E-state index contributed by atoms with van der Waals surface area (Å²) in [4.78, 5) is 4.37. The Hall–Kier alpha value is -1.23. The summed E-state index contributed by atoms with van der Waals surface area (Å²) in [5, 5.41) is 11.4. The summed E-state index contributed by atoms with van der Waals surface area (Å²) in [6, 6.07) is 0.820. The first-order valence-electron chi connectivity index (χ1n) is 5.85. The molecule has 1 aromatic heterocycles. The average Bonchev–Trinajstić information content (AvgIpc) is 2.27. The van der Waals surface area contributed by atoms with Gasteiger partial charge in [0.2, 0.25) is 5.95 Å². The van der Waals surface area contributed by atoms with Crippen LogP contribution in [0.5, 0.6) is 0 Å². The molecule has 16 heavy (non-hydrogen) atoms. The summed E-state index contributed by atoms with van der Waals surface area (Å²) < 4.78 is 0. The first kappa shape index (κ1) is 11.3. The molecule has 0 bridgehead atoms. The van der Waals surface area contributed by atoms with Gasteiger partial charge >= 0.3 is 0 Å². The highest BCUT2D eigenvalue weighted by Gasteiger charge is 2.19. The van der Waals surface area contributed by atoms with Gasteiger partial charge in [-0.05, 0) is 39.5 Å². The zero-order valence-electron chi connectivity index (χ0n) is 9.90. The molecule has 0 unspecified atom stereocenters. The fourth-order valence-corrected chi connectivity index (χ4v) is 1.96. The monoisotopic (exact) mass is 221 g/mol. The minimum atomic E-state index is 0.372. The van der Waals surface area contributed by atoms with Gasteiger partial charge in [0.25, 0.3) is 0 Å². The van der Waals surface area contributed by atoms with E-state index in [4.69, 9.17) is 5.73 Å². The van der Waals surface area contributed by atoms with Gasteiger partial charge in [-0.2, -0.15) is 5.10 Å². The van der Waals surface area contributed by atoms with Gasteiger partial charge in [-0.15, -0.1) is 5.10 Å². The van der Waals surface area contributed by atoms with Gasteiger partial charge < -0.3 is 11.1 Å². The molecule has 0 radical (unpaired) electrons. The van der Waals surface area contributed by atoms with Crippen LogP contribution in [0.2, 0.25) is 0 Å². The van der Waals surface area contributed by atoms with E-state index in [9.17, 15) is 0 Å². The number of nitrogens with zero attached hydrogens (tertiary/aromatic N) is 3. The molecule has 0 spiro atoms. The van der Waals surface area contributed by atoms with E-state index in [0.717, 1.165) is 37.1 Å². The lowest BCUT2D eigenvalue weighted by molar-refractivity contribution is 0.409. The maximum atomic E-state index is 5.86. The zero-order chi connectivity index (χ0) is 11.5. The van der Waals surface area contributed by atoms with Crippen LogP contribution in [0.4, 0.5) is 5.95 Å². The highest BCUT2D eigenvalue weighted by molar-refractivity contribution is 5.26. The third kappa shape index (κ3) is 2.66. The Labute approximate surface area is 95.9 Å². The largest absolute Gasteiger partial charge is 0.350 e. The summed E-state index contributed by atoms with van der Waals surface area (Å²) >= 11 is 0. The Morgan fingerprint density at radius 3 is 2.38 bits per heavy atom. The molecule has 1 aliphatic rings. The molecular weight excluding hydrogens is 202 g/mol. The van der Waals surface area contributed by atoms with Crippen LogP contribution in [0, 0.1) is 13.8 Å².